The number of nitrogens with one attached hydrogen (secondary N) is 3. The van der Waals surface area contributed by atoms with Crippen LogP contribution in [0.5, 0.6) is 0 Å². The van der Waals surface area contributed by atoms with Crippen LogP contribution in [0.15, 0.2) is 79.0 Å². The molecule has 224 valence electrons. The minimum absolute atomic E-state index is 0.0400. The van der Waals surface area contributed by atoms with E-state index in [1.807, 2.05) is 75.7 Å². The molecule has 3 amide bonds. The Balaban J connectivity index is 1.31. The standard InChI is InChI=1S/C34H38FN5O3/c1-22(29-20-36-30-10-5-4-9-28(29)30)31(33(42)37-27-8-6-7-23(19-27)21-39(2)3)38-34(43)40-17-15-25(16-18-40)32(41)24-11-13-26(35)14-12-24/h4-14,19-20,22,25,31,36H,15-18,21H2,1-3H3,(H,37,42)(H,38,43)/t22-,31-/m1/s1. The van der Waals surface area contributed by atoms with Crippen molar-refractivity contribution in [3.63, 3.8) is 0 Å². The highest BCUT2D eigenvalue weighted by Crippen LogP contribution is 2.29. The number of hydrogen-bond donors (Lipinski definition) is 3. The van der Waals surface area contributed by atoms with Crippen LogP contribution in [0.1, 0.15) is 47.2 Å². The highest BCUT2D eigenvalue weighted by molar-refractivity contribution is 5.99. The lowest BCUT2D eigenvalue weighted by Gasteiger charge is -2.33. The van der Waals surface area contributed by atoms with Gasteiger partial charge in [0.25, 0.3) is 0 Å². The van der Waals surface area contributed by atoms with Crippen molar-refractivity contribution in [2.75, 3.05) is 32.5 Å². The lowest BCUT2D eigenvalue weighted by molar-refractivity contribution is -0.118. The van der Waals surface area contributed by atoms with Gasteiger partial charge in [-0.1, -0.05) is 37.3 Å². The minimum atomic E-state index is -0.859. The summed E-state index contributed by atoms with van der Waals surface area (Å²) in [5.74, 6) is -1.32. The summed E-state index contributed by atoms with van der Waals surface area (Å²) in [4.78, 5) is 47.3. The molecule has 2 heterocycles. The average molecular weight is 584 g/mol. The predicted molar refractivity (Wildman–Crippen MR) is 167 cm³/mol. The zero-order chi connectivity index (χ0) is 30.5. The van der Waals surface area contributed by atoms with E-state index >= 15 is 0 Å². The molecule has 0 bridgehead atoms. The molecule has 0 saturated carbocycles. The number of aromatic amines is 1. The summed E-state index contributed by atoms with van der Waals surface area (Å²) in [6.45, 7) is 3.43. The van der Waals surface area contributed by atoms with E-state index in [1.165, 1.54) is 24.3 Å². The van der Waals surface area contributed by atoms with Gasteiger partial charge >= 0.3 is 6.03 Å². The Morgan fingerprint density at radius 3 is 2.44 bits per heavy atom. The van der Waals surface area contributed by atoms with Gasteiger partial charge in [0.15, 0.2) is 5.78 Å². The largest absolute Gasteiger partial charge is 0.361 e. The van der Waals surface area contributed by atoms with Gasteiger partial charge in [0.2, 0.25) is 5.91 Å². The van der Waals surface area contributed by atoms with Crippen molar-refractivity contribution >= 4 is 34.3 Å². The van der Waals surface area contributed by atoms with Crippen LogP contribution in [-0.4, -0.2) is 65.7 Å². The summed E-state index contributed by atoms with van der Waals surface area (Å²) in [5, 5.41) is 7.04. The molecule has 1 saturated heterocycles. The number of nitrogens with zero attached hydrogens (tertiary/aromatic N) is 2. The average Bonchev–Trinajstić information content (AvgIpc) is 3.44. The molecule has 1 aliphatic rings. The van der Waals surface area contributed by atoms with Gasteiger partial charge in [-0.3, -0.25) is 9.59 Å². The van der Waals surface area contributed by atoms with E-state index in [2.05, 4.69) is 20.5 Å². The summed E-state index contributed by atoms with van der Waals surface area (Å²) in [7, 11) is 3.97. The summed E-state index contributed by atoms with van der Waals surface area (Å²) < 4.78 is 13.3. The van der Waals surface area contributed by atoms with E-state index in [4.69, 9.17) is 0 Å². The monoisotopic (exact) mass is 583 g/mol. The van der Waals surface area contributed by atoms with E-state index < -0.39 is 6.04 Å². The van der Waals surface area contributed by atoms with Gasteiger partial charge in [-0.25, -0.2) is 9.18 Å². The highest BCUT2D eigenvalue weighted by Gasteiger charge is 2.33. The molecule has 5 rings (SSSR count). The third kappa shape index (κ3) is 7.11. The van der Waals surface area contributed by atoms with Gasteiger partial charge in [0.05, 0.1) is 0 Å². The smallest absolute Gasteiger partial charge is 0.318 e. The first kappa shape index (κ1) is 30.0. The van der Waals surface area contributed by atoms with E-state index in [0.717, 1.165) is 28.6 Å². The SMILES string of the molecule is C[C@H](c1c[nH]c2ccccc12)[C@@H](NC(=O)N1CCC(C(=O)c2ccc(F)cc2)CC1)C(=O)Nc1cccc(CN(C)C)c1. The lowest BCUT2D eigenvalue weighted by atomic mass is 9.89. The second kappa shape index (κ2) is 13.2. The molecule has 3 aromatic carbocycles. The lowest BCUT2D eigenvalue weighted by Crippen LogP contribution is -2.53. The third-order valence-corrected chi connectivity index (χ3v) is 8.15. The number of carbonyl (C=O) groups is 3. The quantitative estimate of drug-likeness (QED) is 0.218. The van der Waals surface area contributed by atoms with Gasteiger partial charge < -0.3 is 25.4 Å². The van der Waals surface area contributed by atoms with Gasteiger partial charge in [0, 0.05) is 59.8 Å². The fourth-order valence-electron chi connectivity index (χ4n) is 5.82. The second-order valence-electron chi connectivity index (χ2n) is 11.6. The Kier molecular flexibility index (Phi) is 9.21. The molecule has 43 heavy (non-hydrogen) atoms. The van der Waals surface area contributed by atoms with Crippen molar-refractivity contribution in [2.45, 2.75) is 38.3 Å². The van der Waals surface area contributed by atoms with Crippen molar-refractivity contribution in [1.82, 2.24) is 20.1 Å². The molecule has 0 aliphatic carbocycles. The van der Waals surface area contributed by atoms with Crippen LogP contribution in [-0.2, 0) is 11.3 Å². The Morgan fingerprint density at radius 2 is 1.72 bits per heavy atom. The molecule has 0 radical (unpaired) electrons. The number of anilines is 1. The van der Waals surface area contributed by atoms with Crippen LogP contribution in [0.3, 0.4) is 0 Å². The van der Waals surface area contributed by atoms with E-state index in [1.54, 1.807) is 4.90 Å². The van der Waals surface area contributed by atoms with Gasteiger partial charge in [-0.15, -0.1) is 0 Å². The molecule has 2 atom stereocenters. The number of H-pyrrole nitrogens is 1. The normalized spacial score (nSPS) is 15.3. The maximum absolute atomic E-state index is 13.8. The molecular formula is C34H38FN5O3. The highest BCUT2D eigenvalue weighted by atomic mass is 19.1. The number of Topliss-reactive ketones (excluding diaryl/α,β-unsaturated/α-hetero) is 1. The molecule has 1 aliphatic heterocycles. The van der Waals surface area contributed by atoms with E-state index in [0.29, 0.717) is 37.2 Å². The van der Waals surface area contributed by atoms with Crippen LogP contribution in [0.25, 0.3) is 10.9 Å². The zero-order valence-corrected chi connectivity index (χ0v) is 24.8. The van der Waals surface area contributed by atoms with Crippen LogP contribution in [0.4, 0.5) is 14.9 Å². The maximum atomic E-state index is 13.8. The Bertz CT molecular complexity index is 1590. The number of ketones is 1. The molecule has 1 fully saturated rings. The van der Waals surface area contributed by atoms with Crippen LogP contribution >= 0.6 is 0 Å². The van der Waals surface area contributed by atoms with E-state index in [-0.39, 0.29) is 35.4 Å². The van der Waals surface area contributed by atoms with E-state index in [9.17, 15) is 18.8 Å². The first-order valence-electron chi connectivity index (χ1n) is 14.7. The fourth-order valence-corrected chi connectivity index (χ4v) is 5.82. The number of likely N-dealkylation sites (tertiary alicyclic amines) is 1. The van der Waals surface area contributed by atoms with Gasteiger partial charge in [0.1, 0.15) is 11.9 Å². The third-order valence-electron chi connectivity index (χ3n) is 8.15. The number of benzene rings is 3. The molecule has 9 heteroatoms. The topological polar surface area (TPSA) is 97.5 Å². The van der Waals surface area contributed by atoms with Crippen molar-refractivity contribution in [3.05, 3.63) is 102 Å². The number of para-hydroxylation sites is 1. The van der Waals surface area contributed by atoms with Crippen LogP contribution in [0, 0.1) is 11.7 Å². The Hall–Kier alpha value is -4.50. The number of rotatable bonds is 9. The molecule has 3 N–H and O–H groups in total. The number of aromatic nitrogens is 1. The van der Waals surface area contributed by atoms with Crippen LogP contribution < -0.4 is 10.6 Å². The van der Waals surface area contributed by atoms with Crippen molar-refractivity contribution in [3.8, 4) is 0 Å². The first-order chi connectivity index (χ1) is 20.7. The number of amides is 3. The Morgan fingerprint density at radius 1 is 1.00 bits per heavy atom. The van der Waals surface area contributed by atoms with Crippen LogP contribution in [0.2, 0.25) is 0 Å². The molecule has 0 unspecified atom stereocenters. The minimum Gasteiger partial charge on any atom is -0.361 e. The molecule has 4 aromatic rings. The zero-order valence-electron chi connectivity index (χ0n) is 24.8. The maximum Gasteiger partial charge on any atom is 0.318 e. The molecule has 8 nitrogen and oxygen atoms in total. The fraction of sp³-hybridized carbons (Fsp3) is 0.324. The summed E-state index contributed by atoms with van der Waals surface area (Å²) in [6.07, 6.45) is 2.89. The van der Waals surface area contributed by atoms with Gasteiger partial charge in [-0.05, 0) is 80.5 Å². The number of halogens is 1. The second-order valence-corrected chi connectivity index (χ2v) is 11.6. The number of carbonyl (C=O) groups excluding carboxylic acids is 3. The number of hydrogen-bond acceptors (Lipinski definition) is 4. The molecule has 0 spiro atoms. The first-order valence-corrected chi connectivity index (χ1v) is 14.7. The Labute approximate surface area is 251 Å². The summed E-state index contributed by atoms with van der Waals surface area (Å²) in [6, 6.07) is 19.9. The molecular weight excluding hydrogens is 545 g/mol. The predicted octanol–water partition coefficient (Wildman–Crippen LogP) is 5.78. The number of fused-ring (bicyclic) bond motifs is 1. The number of piperidine rings is 1. The molecule has 1 aromatic heterocycles. The van der Waals surface area contributed by atoms with Gasteiger partial charge in [-0.2, -0.15) is 0 Å². The van der Waals surface area contributed by atoms with Crippen molar-refractivity contribution in [1.29, 1.82) is 0 Å². The number of urea groups is 1. The summed E-state index contributed by atoms with van der Waals surface area (Å²) >= 11 is 0. The summed E-state index contributed by atoms with van der Waals surface area (Å²) in [5.41, 5.74) is 4.09. The van der Waals surface area contributed by atoms with Crippen molar-refractivity contribution in [2.24, 2.45) is 5.92 Å². The van der Waals surface area contributed by atoms with Crippen molar-refractivity contribution < 1.29 is 18.8 Å².